The number of imide groups is 1. The van der Waals surface area contributed by atoms with E-state index in [0.717, 1.165) is 0 Å². The van der Waals surface area contributed by atoms with Crippen molar-refractivity contribution in [1.29, 1.82) is 0 Å². The van der Waals surface area contributed by atoms with Gasteiger partial charge in [0.25, 0.3) is 0 Å². The molecule has 0 N–H and O–H groups in total. The van der Waals surface area contributed by atoms with Gasteiger partial charge in [0, 0.05) is 0 Å². The molecule has 0 unspecified atom stereocenters. The van der Waals surface area contributed by atoms with E-state index in [0.29, 0.717) is 21.3 Å². The van der Waals surface area contributed by atoms with Crippen molar-refractivity contribution in [3.8, 4) is 0 Å². The molecule has 1 radical (unpaired) electrons. The summed E-state index contributed by atoms with van der Waals surface area (Å²) in [5.74, 6) is -0.533. The summed E-state index contributed by atoms with van der Waals surface area (Å²) in [5, 5.41) is 0. The molecule has 2 aromatic carbocycles. The summed E-state index contributed by atoms with van der Waals surface area (Å²) in [7, 11) is 0. The zero-order valence-electron chi connectivity index (χ0n) is 9.29. The summed E-state index contributed by atoms with van der Waals surface area (Å²) >= 11 is 2.83. The number of carbonyl (C=O) groups is 2. The fourth-order valence-electron chi connectivity index (χ4n) is 2.07. The van der Waals surface area contributed by atoms with Gasteiger partial charge >= 0.3 is 112 Å². The van der Waals surface area contributed by atoms with Crippen molar-refractivity contribution in [2.45, 2.75) is 0 Å². The second-order valence-electron chi connectivity index (χ2n) is 3.96. The van der Waals surface area contributed by atoms with Crippen molar-refractivity contribution >= 4 is 38.0 Å². The third kappa shape index (κ3) is 1.50. The fourth-order valence-corrected chi connectivity index (χ4v) is 2.64. The Balaban J connectivity index is 2.17. The third-order valence-corrected chi connectivity index (χ3v) is 3.60. The Morgan fingerprint density at radius 3 is 2.22 bits per heavy atom. The molecule has 0 spiro atoms. The van der Waals surface area contributed by atoms with E-state index >= 15 is 0 Å². The van der Waals surface area contributed by atoms with Gasteiger partial charge in [-0.2, -0.15) is 0 Å². The molecule has 1 heterocycles. The molecule has 2 aromatic rings. The Labute approximate surface area is 112 Å². The van der Waals surface area contributed by atoms with E-state index in [4.69, 9.17) is 0 Å². The standard InChI is InChI=1S/C14H8NO2Se/c16-13-10-7-4-8-11(18)12(10)14(17)15(13)9-5-2-1-3-6-9/h1-8H. The Bertz CT molecular complexity index is 652. The van der Waals surface area contributed by atoms with Crippen LogP contribution in [0, 0.1) is 0 Å². The number of benzene rings is 2. The van der Waals surface area contributed by atoms with Crippen molar-refractivity contribution in [2.75, 3.05) is 4.90 Å². The molecule has 3 rings (SSSR count). The van der Waals surface area contributed by atoms with E-state index < -0.39 is 0 Å². The van der Waals surface area contributed by atoms with Crippen LogP contribution in [-0.4, -0.2) is 27.8 Å². The van der Waals surface area contributed by atoms with Crippen LogP contribution in [0.15, 0.2) is 48.5 Å². The zero-order valence-corrected chi connectivity index (χ0v) is 11.0. The molecule has 2 amide bonds. The Kier molecular flexibility index (Phi) is 2.54. The van der Waals surface area contributed by atoms with E-state index in [1.54, 1.807) is 42.5 Å². The first kappa shape index (κ1) is 11.2. The average Bonchev–Trinajstić information content (AvgIpc) is 2.64. The normalized spacial score (nSPS) is 13.9. The maximum absolute atomic E-state index is 12.3. The van der Waals surface area contributed by atoms with Crippen LogP contribution in [0.5, 0.6) is 0 Å². The molecule has 0 saturated carbocycles. The maximum atomic E-state index is 12.3. The van der Waals surface area contributed by atoms with Gasteiger partial charge in [0.1, 0.15) is 0 Å². The number of rotatable bonds is 1. The van der Waals surface area contributed by atoms with Crippen LogP contribution in [0.3, 0.4) is 0 Å². The molecule has 0 aliphatic carbocycles. The van der Waals surface area contributed by atoms with Crippen LogP contribution < -0.4 is 9.36 Å². The Morgan fingerprint density at radius 1 is 0.833 bits per heavy atom. The predicted octanol–water partition coefficient (Wildman–Crippen LogP) is 1.28. The third-order valence-electron chi connectivity index (χ3n) is 2.89. The number of amides is 2. The van der Waals surface area contributed by atoms with Crippen LogP contribution in [0.1, 0.15) is 20.7 Å². The van der Waals surface area contributed by atoms with E-state index in [2.05, 4.69) is 16.0 Å². The van der Waals surface area contributed by atoms with Gasteiger partial charge in [-0.15, -0.1) is 0 Å². The van der Waals surface area contributed by atoms with E-state index in [9.17, 15) is 9.59 Å². The van der Waals surface area contributed by atoms with Gasteiger partial charge < -0.3 is 0 Å². The zero-order chi connectivity index (χ0) is 12.7. The molecule has 18 heavy (non-hydrogen) atoms. The van der Waals surface area contributed by atoms with Crippen molar-refractivity contribution < 1.29 is 9.59 Å². The van der Waals surface area contributed by atoms with Crippen LogP contribution in [-0.2, 0) is 0 Å². The predicted molar refractivity (Wildman–Crippen MR) is 69.4 cm³/mol. The van der Waals surface area contributed by atoms with Gasteiger partial charge in [-0.1, -0.05) is 0 Å². The Morgan fingerprint density at radius 2 is 1.56 bits per heavy atom. The van der Waals surface area contributed by atoms with Gasteiger partial charge in [0.05, 0.1) is 0 Å². The number of hydrogen-bond acceptors (Lipinski definition) is 2. The molecule has 1 aliphatic rings. The van der Waals surface area contributed by atoms with Gasteiger partial charge in [-0.25, -0.2) is 0 Å². The number of carbonyl (C=O) groups excluding carboxylic acids is 2. The van der Waals surface area contributed by atoms with Crippen molar-refractivity contribution in [1.82, 2.24) is 0 Å². The Hall–Kier alpha value is -1.90. The van der Waals surface area contributed by atoms with Gasteiger partial charge in [0.15, 0.2) is 0 Å². The monoisotopic (exact) mass is 302 g/mol. The molecule has 0 fully saturated rings. The number of anilines is 1. The van der Waals surface area contributed by atoms with Crippen LogP contribution in [0.25, 0.3) is 0 Å². The minimum absolute atomic E-state index is 0.265. The topological polar surface area (TPSA) is 37.4 Å². The summed E-state index contributed by atoms with van der Waals surface area (Å²) in [6.45, 7) is 0. The molecule has 0 aromatic heterocycles. The van der Waals surface area contributed by atoms with Gasteiger partial charge in [-0.3, -0.25) is 0 Å². The van der Waals surface area contributed by atoms with Crippen LogP contribution in [0.2, 0.25) is 0 Å². The first-order valence-corrected chi connectivity index (χ1v) is 6.29. The minimum atomic E-state index is -0.268. The van der Waals surface area contributed by atoms with E-state index in [-0.39, 0.29) is 11.8 Å². The molecule has 0 atom stereocenters. The van der Waals surface area contributed by atoms with Crippen LogP contribution in [0.4, 0.5) is 5.69 Å². The molecular formula is C14H8NO2Se. The quantitative estimate of drug-likeness (QED) is 0.588. The summed E-state index contributed by atoms with van der Waals surface area (Å²) in [6, 6.07) is 14.2. The van der Waals surface area contributed by atoms with E-state index in [1.807, 2.05) is 6.07 Å². The summed E-state index contributed by atoms with van der Waals surface area (Å²) < 4.78 is 0.712. The summed E-state index contributed by atoms with van der Waals surface area (Å²) in [5.41, 5.74) is 1.52. The molecule has 1 aliphatic heterocycles. The van der Waals surface area contributed by atoms with Crippen molar-refractivity contribution in [2.24, 2.45) is 0 Å². The fraction of sp³-hybridized carbons (Fsp3) is 0. The van der Waals surface area contributed by atoms with Crippen molar-refractivity contribution in [3.05, 3.63) is 59.7 Å². The van der Waals surface area contributed by atoms with Crippen molar-refractivity contribution in [3.63, 3.8) is 0 Å². The molecule has 0 saturated heterocycles. The number of nitrogens with zero attached hydrogens (tertiary/aromatic N) is 1. The van der Waals surface area contributed by atoms with Gasteiger partial charge in [-0.05, 0) is 0 Å². The molecule has 87 valence electrons. The van der Waals surface area contributed by atoms with Gasteiger partial charge in [0.2, 0.25) is 0 Å². The second kappa shape index (κ2) is 4.09. The molecule has 3 nitrogen and oxygen atoms in total. The molecular weight excluding hydrogens is 293 g/mol. The van der Waals surface area contributed by atoms with E-state index in [1.165, 1.54) is 4.90 Å². The number of fused-ring (bicyclic) bond motifs is 1. The number of hydrogen-bond donors (Lipinski definition) is 0. The SMILES string of the molecule is O=C1c2cccc([Se])c2C(=O)N1c1ccccc1. The molecule has 0 bridgehead atoms. The van der Waals surface area contributed by atoms with Crippen LogP contribution >= 0.6 is 0 Å². The average molecular weight is 301 g/mol. The molecule has 4 heteroatoms. The first-order valence-electron chi connectivity index (χ1n) is 5.44. The summed E-state index contributed by atoms with van der Waals surface area (Å²) in [4.78, 5) is 25.8. The second-order valence-corrected chi connectivity index (χ2v) is 4.88. The summed E-state index contributed by atoms with van der Waals surface area (Å²) in [6.07, 6.45) is 0. The number of para-hydroxylation sites is 1. The first-order chi connectivity index (χ1) is 8.70.